The van der Waals surface area contributed by atoms with Crippen LogP contribution < -0.4 is 0 Å². The van der Waals surface area contributed by atoms with Gasteiger partial charge in [0.05, 0.1) is 13.2 Å². The molecule has 24 heavy (non-hydrogen) atoms. The molecule has 0 saturated carbocycles. The topological polar surface area (TPSA) is 51.2 Å². The van der Waals surface area contributed by atoms with Gasteiger partial charge in [-0.3, -0.25) is 0 Å². The van der Waals surface area contributed by atoms with Crippen molar-refractivity contribution in [3.8, 4) is 0 Å². The highest BCUT2D eigenvalue weighted by Crippen LogP contribution is 2.67. The number of rotatable bonds is 2. The second-order valence-corrected chi connectivity index (χ2v) is 7.77. The maximum Gasteiger partial charge on any atom is 0.195 e. The van der Waals surface area contributed by atoms with Crippen LogP contribution >= 0.6 is 0 Å². The molecule has 2 bridgehead atoms. The van der Waals surface area contributed by atoms with Crippen molar-refractivity contribution in [2.75, 3.05) is 27.8 Å². The molecule has 0 radical (unpaired) electrons. The summed E-state index contributed by atoms with van der Waals surface area (Å²) in [6, 6.07) is 0.414. The van der Waals surface area contributed by atoms with Gasteiger partial charge in [-0.25, -0.2) is 0 Å². The zero-order valence-corrected chi connectivity index (χ0v) is 14.5. The molecule has 5 heteroatoms. The molecule has 0 aromatic heterocycles. The Morgan fingerprint density at radius 3 is 2.92 bits per heavy atom. The van der Waals surface area contributed by atoms with Crippen LogP contribution in [-0.4, -0.2) is 61.9 Å². The molecule has 1 spiro atoms. The van der Waals surface area contributed by atoms with E-state index in [4.69, 9.17) is 14.2 Å². The summed E-state index contributed by atoms with van der Waals surface area (Å²) in [5.41, 5.74) is 2.32. The minimum atomic E-state index is -0.742. The quantitative estimate of drug-likeness (QED) is 0.779. The Hall–Kier alpha value is -1.14. The first-order valence-corrected chi connectivity index (χ1v) is 8.85. The SMILES string of the molecule is COC1=CCC2(OC)O[C@H]3[C@@H](O)C=C[C@H]4[C@H]5CC1=C2[C@]43CCN5C. The van der Waals surface area contributed by atoms with Gasteiger partial charge in [-0.1, -0.05) is 12.2 Å². The summed E-state index contributed by atoms with van der Waals surface area (Å²) in [6.07, 6.45) is 7.99. The fourth-order valence-electron chi connectivity index (χ4n) is 6.08. The first-order valence-electron chi connectivity index (χ1n) is 8.85. The number of allylic oxidation sites excluding steroid dienone is 1. The van der Waals surface area contributed by atoms with Crippen LogP contribution in [0.5, 0.6) is 0 Å². The van der Waals surface area contributed by atoms with Crippen LogP contribution in [0, 0.1) is 11.3 Å². The van der Waals surface area contributed by atoms with E-state index in [-0.39, 0.29) is 11.5 Å². The Labute approximate surface area is 142 Å². The lowest BCUT2D eigenvalue weighted by Crippen LogP contribution is -2.62. The lowest BCUT2D eigenvalue weighted by atomic mass is 9.51. The molecule has 2 heterocycles. The fourth-order valence-corrected chi connectivity index (χ4v) is 6.08. The molecule has 5 rings (SSSR count). The van der Waals surface area contributed by atoms with Crippen LogP contribution in [0.4, 0.5) is 0 Å². The lowest BCUT2D eigenvalue weighted by molar-refractivity contribution is -0.212. The minimum absolute atomic E-state index is 0.174. The van der Waals surface area contributed by atoms with Gasteiger partial charge < -0.3 is 24.2 Å². The van der Waals surface area contributed by atoms with Gasteiger partial charge in [-0.15, -0.1) is 0 Å². The Balaban J connectivity index is 1.80. The van der Waals surface area contributed by atoms with E-state index in [2.05, 4.69) is 24.1 Å². The summed E-state index contributed by atoms with van der Waals surface area (Å²) in [5.74, 6) is 0.578. The minimum Gasteiger partial charge on any atom is -0.497 e. The summed E-state index contributed by atoms with van der Waals surface area (Å²) in [5, 5.41) is 10.7. The third-order valence-corrected chi connectivity index (χ3v) is 7.07. The molecular weight excluding hydrogens is 306 g/mol. The summed E-state index contributed by atoms with van der Waals surface area (Å²) in [4.78, 5) is 2.45. The number of methoxy groups -OCH3 is 2. The van der Waals surface area contributed by atoms with Gasteiger partial charge >= 0.3 is 0 Å². The highest BCUT2D eigenvalue weighted by molar-refractivity contribution is 5.52. The molecule has 1 unspecified atom stereocenters. The van der Waals surface area contributed by atoms with Crippen molar-refractivity contribution >= 4 is 0 Å². The van der Waals surface area contributed by atoms with E-state index < -0.39 is 11.9 Å². The van der Waals surface area contributed by atoms with Crippen molar-refractivity contribution in [3.63, 3.8) is 0 Å². The van der Waals surface area contributed by atoms with Gasteiger partial charge in [0.1, 0.15) is 11.9 Å². The largest absolute Gasteiger partial charge is 0.497 e. The second kappa shape index (κ2) is 4.73. The molecule has 130 valence electrons. The van der Waals surface area contributed by atoms with E-state index in [0.29, 0.717) is 18.4 Å². The van der Waals surface area contributed by atoms with E-state index >= 15 is 0 Å². The molecule has 1 N–H and O–H groups in total. The summed E-state index contributed by atoms with van der Waals surface area (Å²) in [6.45, 7) is 1.02. The summed E-state index contributed by atoms with van der Waals surface area (Å²) >= 11 is 0. The zero-order chi connectivity index (χ0) is 16.7. The lowest BCUT2D eigenvalue weighted by Gasteiger charge is -2.57. The van der Waals surface area contributed by atoms with Crippen LogP contribution in [0.1, 0.15) is 19.3 Å². The highest BCUT2D eigenvalue weighted by Gasteiger charge is 2.70. The van der Waals surface area contributed by atoms with Crippen LogP contribution in [0.2, 0.25) is 0 Å². The monoisotopic (exact) mass is 331 g/mol. The normalized spacial score (nSPS) is 49.1. The molecule has 0 amide bonds. The van der Waals surface area contributed by atoms with E-state index in [1.807, 2.05) is 6.08 Å². The Morgan fingerprint density at radius 2 is 2.17 bits per heavy atom. The molecule has 2 aliphatic heterocycles. The van der Waals surface area contributed by atoms with Crippen molar-refractivity contribution in [1.29, 1.82) is 0 Å². The average molecular weight is 331 g/mol. The molecule has 2 fully saturated rings. The standard InChI is InChI=1S/C19H25NO4/c1-20-9-8-18-12-4-5-14(21)17(18)24-19(23-3)7-6-15(22-2)11(16(18)19)10-13(12)20/h4-6,12-14,17,21H,7-10H2,1-3H3/t12-,13+,14-,17-,18-,19?/m0/s1. The summed E-state index contributed by atoms with van der Waals surface area (Å²) in [7, 11) is 5.67. The van der Waals surface area contributed by atoms with Crippen LogP contribution in [0.15, 0.2) is 35.1 Å². The maximum atomic E-state index is 10.7. The Morgan fingerprint density at radius 1 is 1.33 bits per heavy atom. The molecule has 0 aromatic rings. The van der Waals surface area contributed by atoms with Gasteiger partial charge in [0.25, 0.3) is 0 Å². The Kier molecular flexibility index (Phi) is 2.98. The summed E-state index contributed by atoms with van der Waals surface area (Å²) < 4.78 is 18.2. The molecule has 5 nitrogen and oxygen atoms in total. The van der Waals surface area contributed by atoms with E-state index in [9.17, 15) is 5.11 Å². The number of aliphatic hydroxyl groups is 1. The number of piperidine rings is 1. The average Bonchev–Trinajstić information content (AvgIpc) is 2.90. The molecule has 3 aliphatic carbocycles. The molecule has 0 aromatic carbocycles. The third kappa shape index (κ3) is 1.51. The number of aliphatic hydroxyl groups excluding tert-OH is 1. The number of nitrogens with zero attached hydrogens (tertiary/aromatic N) is 1. The van der Waals surface area contributed by atoms with Crippen LogP contribution in [-0.2, 0) is 14.2 Å². The maximum absolute atomic E-state index is 10.7. The Bertz CT molecular complexity index is 683. The number of ether oxygens (including phenoxy) is 3. The van der Waals surface area contributed by atoms with Crippen LogP contribution in [0.3, 0.4) is 0 Å². The molecule has 6 atom stereocenters. The number of hydrogen-bond donors (Lipinski definition) is 1. The van der Waals surface area contributed by atoms with Crippen molar-refractivity contribution in [2.24, 2.45) is 11.3 Å². The molecule has 5 aliphatic rings. The molecule has 2 saturated heterocycles. The second-order valence-electron chi connectivity index (χ2n) is 7.77. The van der Waals surface area contributed by atoms with Crippen molar-refractivity contribution in [1.82, 2.24) is 4.90 Å². The van der Waals surface area contributed by atoms with Crippen LogP contribution in [0.25, 0.3) is 0 Å². The molecular formula is C19H25NO4. The van der Waals surface area contributed by atoms with E-state index in [0.717, 1.165) is 25.1 Å². The van der Waals surface area contributed by atoms with Crippen molar-refractivity contribution < 1.29 is 19.3 Å². The van der Waals surface area contributed by atoms with Crippen molar-refractivity contribution in [3.05, 3.63) is 35.1 Å². The van der Waals surface area contributed by atoms with Gasteiger partial charge in [0.2, 0.25) is 0 Å². The highest BCUT2D eigenvalue weighted by atomic mass is 16.7. The first kappa shape index (κ1) is 15.1. The predicted octanol–water partition coefficient (Wildman–Crippen LogP) is 1.60. The third-order valence-electron chi connectivity index (χ3n) is 7.07. The smallest absolute Gasteiger partial charge is 0.195 e. The van der Waals surface area contributed by atoms with Gasteiger partial charge in [0.15, 0.2) is 5.79 Å². The first-order chi connectivity index (χ1) is 11.6. The van der Waals surface area contributed by atoms with Gasteiger partial charge in [0, 0.05) is 42.1 Å². The number of hydrogen-bond acceptors (Lipinski definition) is 5. The van der Waals surface area contributed by atoms with Gasteiger partial charge in [-0.2, -0.15) is 0 Å². The van der Waals surface area contributed by atoms with E-state index in [1.54, 1.807) is 14.2 Å². The number of likely N-dealkylation sites (tertiary alicyclic amines) is 1. The fraction of sp³-hybridized carbons (Fsp3) is 0.684. The van der Waals surface area contributed by atoms with Crippen molar-refractivity contribution in [2.45, 2.75) is 43.3 Å². The zero-order valence-electron chi connectivity index (χ0n) is 14.5. The predicted molar refractivity (Wildman–Crippen MR) is 88.1 cm³/mol. The van der Waals surface area contributed by atoms with E-state index in [1.165, 1.54) is 11.1 Å². The van der Waals surface area contributed by atoms with Gasteiger partial charge in [-0.05, 0) is 32.5 Å².